The van der Waals surface area contributed by atoms with E-state index < -0.39 is 0 Å². The second-order valence-electron chi connectivity index (χ2n) is 4.76. The number of hydrogen-bond acceptors (Lipinski definition) is 4. The third-order valence-corrected chi connectivity index (χ3v) is 3.48. The molecule has 0 saturated carbocycles. The molecule has 0 aliphatic carbocycles. The molecule has 1 unspecified atom stereocenters. The predicted molar refractivity (Wildman–Crippen MR) is 70.2 cm³/mol. The number of carbonyl (C=O) groups is 1. The van der Waals surface area contributed by atoms with E-state index in [-0.39, 0.29) is 12.5 Å². The molecule has 96 valence electrons. The van der Waals surface area contributed by atoms with Gasteiger partial charge in [0.05, 0.1) is 5.69 Å². The molecule has 1 aromatic rings. The number of nitrogens with one attached hydrogen (secondary N) is 2. The van der Waals surface area contributed by atoms with Gasteiger partial charge in [0.1, 0.15) is 5.75 Å². The first-order valence-electron chi connectivity index (χ1n) is 6.25. The Kier molecular flexibility index (Phi) is 2.83. The molecule has 2 aliphatic heterocycles. The van der Waals surface area contributed by atoms with E-state index >= 15 is 0 Å². The number of hydrogen-bond donors (Lipinski definition) is 2. The number of amides is 1. The van der Waals surface area contributed by atoms with Gasteiger partial charge >= 0.3 is 0 Å². The smallest absolute Gasteiger partial charge is 0.264 e. The number of benzene rings is 1. The third-order valence-electron chi connectivity index (χ3n) is 3.48. The van der Waals surface area contributed by atoms with E-state index in [4.69, 9.17) is 4.74 Å². The molecule has 0 aromatic heterocycles. The summed E-state index contributed by atoms with van der Waals surface area (Å²) in [5.74, 6) is 0.759. The molecule has 1 amide bonds. The van der Waals surface area contributed by atoms with Gasteiger partial charge < -0.3 is 20.3 Å². The van der Waals surface area contributed by atoms with Gasteiger partial charge in [0.15, 0.2) is 6.61 Å². The van der Waals surface area contributed by atoms with Crippen molar-refractivity contribution in [2.45, 2.75) is 12.5 Å². The predicted octanol–water partition coefficient (Wildman–Crippen LogP) is 0.816. The fourth-order valence-electron chi connectivity index (χ4n) is 2.38. The average molecular weight is 247 g/mol. The van der Waals surface area contributed by atoms with E-state index in [1.807, 2.05) is 18.2 Å². The lowest BCUT2D eigenvalue weighted by Gasteiger charge is -2.26. The van der Waals surface area contributed by atoms with Gasteiger partial charge in [0, 0.05) is 25.3 Å². The number of rotatable bonds is 2. The van der Waals surface area contributed by atoms with Crippen LogP contribution in [-0.2, 0) is 4.79 Å². The quantitative estimate of drug-likeness (QED) is 0.812. The fraction of sp³-hybridized carbons (Fsp3) is 0.462. The number of fused-ring (bicyclic) bond motifs is 1. The van der Waals surface area contributed by atoms with Gasteiger partial charge in [0.25, 0.3) is 5.91 Å². The van der Waals surface area contributed by atoms with Gasteiger partial charge in [-0.3, -0.25) is 4.79 Å². The minimum absolute atomic E-state index is 0.0119. The van der Waals surface area contributed by atoms with E-state index in [0.717, 1.165) is 36.6 Å². The summed E-state index contributed by atoms with van der Waals surface area (Å²) in [7, 11) is 1.78. The van der Waals surface area contributed by atoms with Crippen LogP contribution in [0, 0.1) is 0 Å². The molecule has 2 N–H and O–H groups in total. The Balaban J connectivity index is 1.82. The van der Waals surface area contributed by atoms with Crippen LogP contribution in [0.5, 0.6) is 5.75 Å². The standard InChI is InChI=1S/C13H17N3O2/c1-16-11-6-9(15-10-4-5-14-7-10)2-3-12(11)18-8-13(16)17/h2-3,6,10,14-15H,4-5,7-8H2,1H3. The SMILES string of the molecule is CN1C(=O)COc2ccc(NC3CCNC3)cc21. The summed E-state index contributed by atoms with van der Waals surface area (Å²) in [5.41, 5.74) is 1.87. The molecule has 0 bridgehead atoms. The molecule has 0 spiro atoms. The average Bonchev–Trinajstić information content (AvgIpc) is 2.87. The molecule has 2 aliphatic rings. The van der Waals surface area contributed by atoms with Crippen molar-refractivity contribution in [3.05, 3.63) is 18.2 Å². The van der Waals surface area contributed by atoms with Crippen LogP contribution < -0.4 is 20.3 Å². The molecule has 3 rings (SSSR count). The Morgan fingerprint density at radius 3 is 3.17 bits per heavy atom. The van der Waals surface area contributed by atoms with Gasteiger partial charge in [-0.25, -0.2) is 0 Å². The number of ether oxygens (including phenoxy) is 1. The summed E-state index contributed by atoms with van der Waals surface area (Å²) in [6.07, 6.45) is 1.13. The van der Waals surface area contributed by atoms with Gasteiger partial charge in [-0.1, -0.05) is 0 Å². The van der Waals surface area contributed by atoms with E-state index in [2.05, 4.69) is 10.6 Å². The lowest BCUT2D eigenvalue weighted by atomic mass is 10.2. The Hall–Kier alpha value is -1.75. The summed E-state index contributed by atoms with van der Waals surface area (Å²) in [5, 5.41) is 6.79. The van der Waals surface area contributed by atoms with Crippen LogP contribution in [0.15, 0.2) is 18.2 Å². The summed E-state index contributed by atoms with van der Waals surface area (Å²) >= 11 is 0. The Morgan fingerprint density at radius 1 is 1.50 bits per heavy atom. The maximum atomic E-state index is 11.6. The van der Waals surface area contributed by atoms with Crippen LogP contribution in [0.1, 0.15) is 6.42 Å². The second-order valence-corrected chi connectivity index (χ2v) is 4.76. The highest BCUT2D eigenvalue weighted by Crippen LogP contribution is 2.33. The van der Waals surface area contributed by atoms with Crippen molar-refractivity contribution in [3.63, 3.8) is 0 Å². The lowest BCUT2D eigenvalue weighted by Crippen LogP contribution is -2.35. The highest BCUT2D eigenvalue weighted by atomic mass is 16.5. The fourth-order valence-corrected chi connectivity index (χ4v) is 2.38. The van der Waals surface area contributed by atoms with Crippen molar-refractivity contribution in [1.29, 1.82) is 0 Å². The second kappa shape index (κ2) is 4.49. The van der Waals surface area contributed by atoms with Crippen molar-refractivity contribution in [2.24, 2.45) is 0 Å². The molecule has 1 fully saturated rings. The molecular formula is C13H17N3O2. The molecule has 2 heterocycles. The normalized spacial score (nSPS) is 22.6. The number of nitrogens with zero attached hydrogens (tertiary/aromatic N) is 1. The number of anilines is 2. The monoisotopic (exact) mass is 247 g/mol. The lowest BCUT2D eigenvalue weighted by molar-refractivity contribution is -0.120. The van der Waals surface area contributed by atoms with Crippen LogP contribution in [-0.4, -0.2) is 38.7 Å². The molecule has 0 radical (unpaired) electrons. The van der Waals surface area contributed by atoms with E-state index in [1.165, 1.54) is 0 Å². The molecule has 1 saturated heterocycles. The summed E-state index contributed by atoms with van der Waals surface area (Å²) in [6, 6.07) is 6.36. The number of likely N-dealkylation sites (N-methyl/N-ethyl adjacent to an activating group) is 1. The first kappa shape index (κ1) is 11.3. The van der Waals surface area contributed by atoms with Gasteiger partial charge in [-0.2, -0.15) is 0 Å². The molecule has 5 nitrogen and oxygen atoms in total. The summed E-state index contributed by atoms with van der Waals surface area (Å²) < 4.78 is 5.40. The van der Waals surface area contributed by atoms with Crippen LogP contribution in [0.4, 0.5) is 11.4 Å². The Morgan fingerprint density at radius 2 is 2.39 bits per heavy atom. The van der Waals surface area contributed by atoms with Crippen molar-refractivity contribution in [3.8, 4) is 5.75 Å². The summed E-state index contributed by atoms with van der Waals surface area (Å²) in [4.78, 5) is 13.2. The van der Waals surface area contributed by atoms with Gasteiger partial charge in [-0.05, 0) is 31.2 Å². The highest BCUT2D eigenvalue weighted by Gasteiger charge is 2.23. The zero-order valence-electron chi connectivity index (χ0n) is 10.4. The van der Waals surface area contributed by atoms with Gasteiger partial charge in [0.2, 0.25) is 0 Å². The van der Waals surface area contributed by atoms with Crippen LogP contribution in [0.25, 0.3) is 0 Å². The van der Waals surface area contributed by atoms with Crippen LogP contribution >= 0.6 is 0 Å². The minimum atomic E-state index is -0.0119. The van der Waals surface area contributed by atoms with Crippen LogP contribution in [0.3, 0.4) is 0 Å². The molecular weight excluding hydrogens is 230 g/mol. The molecule has 5 heteroatoms. The maximum Gasteiger partial charge on any atom is 0.264 e. The van der Waals surface area contributed by atoms with Crippen molar-refractivity contribution >= 4 is 17.3 Å². The maximum absolute atomic E-state index is 11.6. The molecule has 1 atom stereocenters. The van der Waals surface area contributed by atoms with E-state index in [0.29, 0.717) is 6.04 Å². The third kappa shape index (κ3) is 2.01. The van der Waals surface area contributed by atoms with Gasteiger partial charge in [-0.15, -0.1) is 0 Å². The van der Waals surface area contributed by atoms with Crippen molar-refractivity contribution in [1.82, 2.24) is 5.32 Å². The first-order chi connectivity index (χ1) is 8.74. The topological polar surface area (TPSA) is 53.6 Å². The van der Waals surface area contributed by atoms with E-state index in [1.54, 1.807) is 11.9 Å². The largest absolute Gasteiger partial charge is 0.482 e. The van der Waals surface area contributed by atoms with Crippen molar-refractivity contribution in [2.75, 3.05) is 37.0 Å². The zero-order valence-corrected chi connectivity index (χ0v) is 10.4. The summed E-state index contributed by atoms with van der Waals surface area (Å²) in [6.45, 7) is 2.18. The molecule has 18 heavy (non-hydrogen) atoms. The Bertz CT molecular complexity index is 469. The minimum Gasteiger partial charge on any atom is -0.482 e. The highest BCUT2D eigenvalue weighted by molar-refractivity contribution is 5.97. The number of carbonyl (C=O) groups excluding carboxylic acids is 1. The first-order valence-corrected chi connectivity index (χ1v) is 6.25. The zero-order chi connectivity index (χ0) is 12.5. The van der Waals surface area contributed by atoms with Crippen LogP contribution in [0.2, 0.25) is 0 Å². The molecule has 1 aromatic carbocycles. The van der Waals surface area contributed by atoms with Crippen molar-refractivity contribution < 1.29 is 9.53 Å². The Labute approximate surface area is 106 Å². The van der Waals surface area contributed by atoms with E-state index in [9.17, 15) is 4.79 Å².